The van der Waals surface area contributed by atoms with Crippen molar-refractivity contribution < 1.29 is 0 Å². The molecule has 1 atom stereocenters. The van der Waals surface area contributed by atoms with Crippen LogP contribution in [0, 0.1) is 5.92 Å². The molecule has 16 heavy (non-hydrogen) atoms. The first-order valence-electron chi connectivity index (χ1n) is 5.63. The Morgan fingerprint density at radius 1 is 1.62 bits per heavy atom. The van der Waals surface area contributed by atoms with E-state index in [1.807, 2.05) is 18.8 Å². The van der Waals surface area contributed by atoms with Gasteiger partial charge < -0.3 is 5.32 Å². The Hall–Kier alpha value is -0.160. The van der Waals surface area contributed by atoms with E-state index in [1.165, 1.54) is 30.8 Å². The summed E-state index contributed by atoms with van der Waals surface area (Å²) in [7, 11) is 2.04. The molecule has 2 heterocycles. The summed E-state index contributed by atoms with van der Waals surface area (Å²) < 4.78 is 0. The molecule has 1 N–H and O–H groups in total. The number of hydrogen-bond acceptors (Lipinski definition) is 4. The third-order valence-corrected chi connectivity index (χ3v) is 3.72. The number of aromatic nitrogens is 1. The molecule has 1 fully saturated rings. The van der Waals surface area contributed by atoms with Crippen molar-refractivity contribution in [3.63, 3.8) is 0 Å². The van der Waals surface area contributed by atoms with Gasteiger partial charge in [-0.2, -0.15) is 0 Å². The van der Waals surface area contributed by atoms with Gasteiger partial charge in [0.05, 0.1) is 5.51 Å². The van der Waals surface area contributed by atoms with Crippen LogP contribution < -0.4 is 5.32 Å². The smallest absolute Gasteiger partial charge is 0.0794 e. The third kappa shape index (κ3) is 4.01. The summed E-state index contributed by atoms with van der Waals surface area (Å²) >= 11 is 1.76. The molecular weight excluding hydrogens is 242 g/mol. The van der Waals surface area contributed by atoms with Gasteiger partial charge in [-0.15, -0.1) is 23.7 Å². The molecule has 5 heteroatoms. The number of nitrogens with zero attached hydrogens (tertiary/aromatic N) is 2. The Labute approximate surface area is 108 Å². The maximum absolute atomic E-state index is 4.12. The highest BCUT2D eigenvalue weighted by Crippen LogP contribution is 2.19. The summed E-state index contributed by atoms with van der Waals surface area (Å²) in [4.78, 5) is 8.07. The van der Waals surface area contributed by atoms with Crippen LogP contribution in [0.15, 0.2) is 11.7 Å². The number of halogens is 1. The van der Waals surface area contributed by atoms with Crippen molar-refractivity contribution in [2.45, 2.75) is 19.4 Å². The van der Waals surface area contributed by atoms with Gasteiger partial charge in [0.25, 0.3) is 0 Å². The second-order valence-electron chi connectivity index (χ2n) is 4.27. The lowest BCUT2D eigenvalue weighted by Crippen LogP contribution is -2.38. The van der Waals surface area contributed by atoms with E-state index >= 15 is 0 Å². The molecule has 92 valence electrons. The number of piperidine rings is 1. The lowest BCUT2D eigenvalue weighted by Gasteiger charge is -2.32. The summed E-state index contributed by atoms with van der Waals surface area (Å²) in [6.07, 6.45) is 4.71. The molecule has 0 aromatic carbocycles. The first kappa shape index (κ1) is 13.9. The molecule has 2 rings (SSSR count). The van der Waals surface area contributed by atoms with Crippen LogP contribution in [0.2, 0.25) is 0 Å². The fourth-order valence-corrected chi connectivity index (χ4v) is 2.93. The molecule has 0 spiro atoms. The molecular formula is C11H20ClN3S. The highest BCUT2D eigenvalue weighted by molar-refractivity contribution is 7.09. The minimum absolute atomic E-state index is 0. The number of likely N-dealkylation sites (tertiary alicyclic amines) is 1. The van der Waals surface area contributed by atoms with E-state index in [1.54, 1.807) is 11.3 Å². The monoisotopic (exact) mass is 261 g/mol. The molecule has 0 bridgehead atoms. The zero-order chi connectivity index (χ0) is 10.5. The van der Waals surface area contributed by atoms with Gasteiger partial charge >= 0.3 is 0 Å². The SMILES string of the molecule is CNCC1CCCN(Cc2cncs2)C1.Cl. The molecule has 1 aliphatic rings. The Bertz CT molecular complexity index is 277. The van der Waals surface area contributed by atoms with E-state index in [2.05, 4.69) is 15.2 Å². The zero-order valence-electron chi connectivity index (χ0n) is 9.69. The highest BCUT2D eigenvalue weighted by atomic mass is 35.5. The minimum Gasteiger partial charge on any atom is -0.319 e. The van der Waals surface area contributed by atoms with Crippen molar-refractivity contribution in [3.05, 3.63) is 16.6 Å². The molecule has 0 saturated carbocycles. The van der Waals surface area contributed by atoms with E-state index in [0.29, 0.717) is 0 Å². The predicted octanol–water partition coefficient (Wildman–Crippen LogP) is 2.00. The van der Waals surface area contributed by atoms with E-state index in [-0.39, 0.29) is 12.4 Å². The fourth-order valence-electron chi connectivity index (χ4n) is 2.29. The van der Waals surface area contributed by atoms with Crippen molar-refractivity contribution in [2.75, 3.05) is 26.7 Å². The molecule has 1 unspecified atom stereocenters. The van der Waals surface area contributed by atoms with E-state index in [9.17, 15) is 0 Å². The average molecular weight is 262 g/mol. The van der Waals surface area contributed by atoms with Gasteiger partial charge in [0.2, 0.25) is 0 Å². The lowest BCUT2D eigenvalue weighted by atomic mass is 9.98. The van der Waals surface area contributed by atoms with Crippen molar-refractivity contribution in [2.24, 2.45) is 5.92 Å². The Balaban J connectivity index is 0.00000128. The van der Waals surface area contributed by atoms with Crippen LogP contribution in [0.1, 0.15) is 17.7 Å². The molecule has 1 saturated heterocycles. The average Bonchev–Trinajstić information content (AvgIpc) is 2.71. The van der Waals surface area contributed by atoms with Crippen LogP contribution in [0.25, 0.3) is 0 Å². The second kappa shape index (κ2) is 7.22. The van der Waals surface area contributed by atoms with Crippen molar-refractivity contribution in [3.8, 4) is 0 Å². The van der Waals surface area contributed by atoms with Crippen molar-refractivity contribution in [1.29, 1.82) is 0 Å². The number of thiazole rings is 1. The van der Waals surface area contributed by atoms with Gasteiger partial charge in [-0.3, -0.25) is 9.88 Å². The normalized spacial score (nSPS) is 21.7. The standard InChI is InChI=1S/C11H19N3S.ClH/c1-12-5-10-3-2-4-14(7-10)8-11-6-13-9-15-11;/h6,9-10,12H,2-5,7-8H2,1H3;1H. The highest BCUT2D eigenvalue weighted by Gasteiger charge is 2.19. The maximum atomic E-state index is 4.12. The molecule has 0 amide bonds. The zero-order valence-corrected chi connectivity index (χ0v) is 11.3. The van der Waals surface area contributed by atoms with Crippen LogP contribution in [-0.4, -0.2) is 36.6 Å². The van der Waals surface area contributed by atoms with Crippen molar-refractivity contribution >= 4 is 23.7 Å². The fraction of sp³-hybridized carbons (Fsp3) is 0.727. The summed E-state index contributed by atoms with van der Waals surface area (Å²) in [5.74, 6) is 0.830. The maximum Gasteiger partial charge on any atom is 0.0794 e. The van der Waals surface area contributed by atoms with E-state index in [4.69, 9.17) is 0 Å². The Kier molecular flexibility index (Phi) is 6.28. The van der Waals surface area contributed by atoms with Crippen LogP contribution in [0.4, 0.5) is 0 Å². The minimum atomic E-state index is 0. The van der Waals surface area contributed by atoms with Crippen LogP contribution >= 0.6 is 23.7 Å². The van der Waals surface area contributed by atoms with Gasteiger partial charge in [-0.05, 0) is 38.9 Å². The van der Waals surface area contributed by atoms with Gasteiger partial charge in [0.15, 0.2) is 0 Å². The second-order valence-corrected chi connectivity index (χ2v) is 5.24. The number of hydrogen-bond donors (Lipinski definition) is 1. The first-order chi connectivity index (χ1) is 7.38. The lowest BCUT2D eigenvalue weighted by molar-refractivity contribution is 0.168. The Morgan fingerprint density at radius 3 is 3.19 bits per heavy atom. The topological polar surface area (TPSA) is 28.2 Å². The predicted molar refractivity (Wildman–Crippen MR) is 71.3 cm³/mol. The third-order valence-electron chi connectivity index (χ3n) is 2.96. The Morgan fingerprint density at radius 2 is 2.50 bits per heavy atom. The van der Waals surface area contributed by atoms with Crippen LogP contribution in [0.5, 0.6) is 0 Å². The van der Waals surface area contributed by atoms with Gasteiger partial charge in [-0.1, -0.05) is 0 Å². The molecule has 1 aromatic heterocycles. The van der Waals surface area contributed by atoms with E-state index in [0.717, 1.165) is 19.0 Å². The summed E-state index contributed by atoms with van der Waals surface area (Å²) in [6.45, 7) is 4.72. The van der Waals surface area contributed by atoms with Gasteiger partial charge in [-0.25, -0.2) is 0 Å². The first-order valence-corrected chi connectivity index (χ1v) is 6.51. The van der Waals surface area contributed by atoms with Gasteiger partial charge in [0.1, 0.15) is 0 Å². The van der Waals surface area contributed by atoms with Gasteiger partial charge in [0, 0.05) is 24.2 Å². The van der Waals surface area contributed by atoms with Crippen LogP contribution in [-0.2, 0) is 6.54 Å². The molecule has 1 aliphatic heterocycles. The van der Waals surface area contributed by atoms with Crippen LogP contribution in [0.3, 0.4) is 0 Å². The van der Waals surface area contributed by atoms with Crippen molar-refractivity contribution in [1.82, 2.24) is 15.2 Å². The quantitative estimate of drug-likeness (QED) is 0.899. The summed E-state index contributed by atoms with van der Waals surface area (Å²) in [6, 6.07) is 0. The number of rotatable bonds is 4. The number of nitrogens with one attached hydrogen (secondary N) is 1. The molecule has 3 nitrogen and oxygen atoms in total. The molecule has 0 radical (unpaired) electrons. The largest absolute Gasteiger partial charge is 0.319 e. The molecule has 0 aliphatic carbocycles. The summed E-state index contributed by atoms with van der Waals surface area (Å²) in [5, 5.41) is 3.28. The molecule has 1 aromatic rings. The van der Waals surface area contributed by atoms with E-state index < -0.39 is 0 Å². The summed E-state index contributed by atoms with van der Waals surface area (Å²) in [5.41, 5.74) is 1.92.